The number of halogens is 1. The summed E-state index contributed by atoms with van der Waals surface area (Å²) < 4.78 is 24.4. The Morgan fingerprint density at radius 3 is 2.74 bits per heavy atom. The molecule has 1 aromatic carbocycles. The highest BCUT2D eigenvalue weighted by molar-refractivity contribution is 5.77. The van der Waals surface area contributed by atoms with Gasteiger partial charge in [0, 0.05) is 25.9 Å². The Balaban J connectivity index is 1.49. The van der Waals surface area contributed by atoms with Crippen LogP contribution < -0.4 is 0 Å². The molecule has 0 N–H and O–H groups in total. The van der Waals surface area contributed by atoms with Gasteiger partial charge in [0.2, 0.25) is 5.91 Å². The highest BCUT2D eigenvalue weighted by Gasteiger charge is 2.28. The van der Waals surface area contributed by atoms with Gasteiger partial charge < -0.3 is 14.1 Å². The number of ether oxygens (including phenoxy) is 1. The second-order valence-electron chi connectivity index (χ2n) is 6.51. The zero-order chi connectivity index (χ0) is 19.2. The van der Waals surface area contributed by atoms with Gasteiger partial charge >= 0.3 is 5.97 Å². The molecule has 6 nitrogen and oxygen atoms in total. The number of amides is 1. The molecule has 1 saturated heterocycles. The molecule has 2 heterocycles. The van der Waals surface area contributed by atoms with Gasteiger partial charge in [-0.15, -0.1) is 0 Å². The van der Waals surface area contributed by atoms with Crippen LogP contribution in [0.5, 0.6) is 0 Å². The smallest absolute Gasteiger partial charge is 0.309 e. The molecule has 144 valence electrons. The molecule has 3 rings (SSSR count). The van der Waals surface area contributed by atoms with E-state index in [1.54, 1.807) is 30.0 Å². The predicted molar refractivity (Wildman–Crippen MR) is 96.2 cm³/mol. The number of nitrogens with zero attached hydrogens (tertiary/aromatic N) is 2. The topological polar surface area (TPSA) is 72.6 Å². The van der Waals surface area contributed by atoms with Crippen molar-refractivity contribution in [3.8, 4) is 11.3 Å². The summed E-state index contributed by atoms with van der Waals surface area (Å²) in [6, 6.07) is 6.32. The van der Waals surface area contributed by atoms with Crippen molar-refractivity contribution in [2.75, 3.05) is 19.7 Å². The zero-order valence-electron chi connectivity index (χ0n) is 15.3. The number of hydrogen-bond acceptors (Lipinski definition) is 5. The number of oxazole rings is 1. The third-order valence-corrected chi connectivity index (χ3v) is 4.71. The van der Waals surface area contributed by atoms with Crippen molar-refractivity contribution >= 4 is 11.9 Å². The zero-order valence-corrected chi connectivity index (χ0v) is 15.3. The quantitative estimate of drug-likeness (QED) is 0.726. The van der Waals surface area contributed by atoms with Crippen LogP contribution in [0.3, 0.4) is 0 Å². The Labute approximate surface area is 157 Å². The number of hydrogen-bond donors (Lipinski definition) is 0. The highest BCUT2D eigenvalue weighted by atomic mass is 19.1. The van der Waals surface area contributed by atoms with Gasteiger partial charge in [0.1, 0.15) is 5.82 Å². The maximum Gasteiger partial charge on any atom is 0.309 e. The molecule has 2 aromatic rings. The largest absolute Gasteiger partial charge is 0.466 e. The first-order valence-electron chi connectivity index (χ1n) is 9.22. The summed E-state index contributed by atoms with van der Waals surface area (Å²) in [5.41, 5.74) is 0.351. The number of rotatable bonds is 6. The van der Waals surface area contributed by atoms with E-state index in [4.69, 9.17) is 9.15 Å². The van der Waals surface area contributed by atoms with E-state index < -0.39 is 0 Å². The van der Waals surface area contributed by atoms with Gasteiger partial charge in [-0.1, -0.05) is 12.1 Å². The van der Waals surface area contributed by atoms with E-state index in [0.717, 1.165) is 0 Å². The fourth-order valence-corrected chi connectivity index (χ4v) is 3.21. The van der Waals surface area contributed by atoms with Crippen LogP contribution >= 0.6 is 0 Å². The number of carbonyl (C=O) groups excluding carboxylic acids is 2. The van der Waals surface area contributed by atoms with E-state index in [0.29, 0.717) is 56.2 Å². The first-order valence-corrected chi connectivity index (χ1v) is 9.22. The van der Waals surface area contributed by atoms with Crippen LogP contribution in [-0.4, -0.2) is 41.5 Å². The van der Waals surface area contributed by atoms with Crippen molar-refractivity contribution in [3.63, 3.8) is 0 Å². The number of aryl methyl sites for hydroxylation is 1. The fraction of sp³-hybridized carbons (Fsp3) is 0.450. The van der Waals surface area contributed by atoms with Crippen molar-refractivity contribution in [1.82, 2.24) is 9.88 Å². The number of aromatic nitrogens is 1. The maximum absolute atomic E-state index is 13.8. The standard InChI is InChI=1S/C20H23FN2O4/c1-2-26-20(25)14-9-11-23(12-10-14)19(24)8-7-18-22-13-17(27-18)15-5-3-4-6-16(15)21/h3-6,13-14H,2,7-12H2,1H3. The summed E-state index contributed by atoms with van der Waals surface area (Å²) in [4.78, 5) is 30.0. The third kappa shape index (κ3) is 4.72. The fourth-order valence-electron chi connectivity index (χ4n) is 3.21. The molecule has 0 radical (unpaired) electrons. The van der Waals surface area contributed by atoms with E-state index in [-0.39, 0.29) is 30.0 Å². The van der Waals surface area contributed by atoms with Gasteiger partial charge in [-0.05, 0) is 31.9 Å². The third-order valence-electron chi connectivity index (χ3n) is 4.71. The van der Waals surface area contributed by atoms with Gasteiger partial charge in [-0.25, -0.2) is 9.37 Å². The molecular weight excluding hydrogens is 351 g/mol. The van der Waals surface area contributed by atoms with Crippen LogP contribution in [-0.2, 0) is 20.7 Å². The summed E-state index contributed by atoms with van der Waals surface area (Å²) >= 11 is 0. The first-order chi connectivity index (χ1) is 13.1. The van der Waals surface area contributed by atoms with Gasteiger partial charge in [0.05, 0.1) is 24.3 Å². The van der Waals surface area contributed by atoms with Crippen molar-refractivity contribution < 1.29 is 23.1 Å². The lowest BCUT2D eigenvalue weighted by Crippen LogP contribution is -2.40. The number of piperidine rings is 1. The molecule has 0 saturated carbocycles. The molecule has 0 aliphatic carbocycles. The minimum absolute atomic E-state index is 0.00273. The van der Waals surface area contributed by atoms with Gasteiger partial charge in [-0.3, -0.25) is 9.59 Å². The average molecular weight is 374 g/mol. The molecule has 1 amide bonds. The molecule has 1 aromatic heterocycles. The van der Waals surface area contributed by atoms with E-state index >= 15 is 0 Å². The van der Waals surface area contributed by atoms with Crippen LogP contribution in [0, 0.1) is 11.7 Å². The van der Waals surface area contributed by atoms with Crippen molar-refractivity contribution in [2.45, 2.75) is 32.6 Å². The van der Waals surface area contributed by atoms with Crippen LogP contribution in [0.25, 0.3) is 11.3 Å². The van der Waals surface area contributed by atoms with Crippen LogP contribution in [0.15, 0.2) is 34.9 Å². The summed E-state index contributed by atoms with van der Waals surface area (Å²) in [5.74, 6) is 0.0895. The minimum atomic E-state index is -0.374. The molecule has 7 heteroatoms. The summed E-state index contributed by atoms with van der Waals surface area (Å²) in [6.07, 6.45) is 3.34. The highest BCUT2D eigenvalue weighted by Crippen LogP contribution is 2.24. The Hall–Kier alpha value is -2.70. The molecule has 1 aliphatic heterocycles. The number of likely N-dealkylation sites (tertiary alicyclic amines) is 1. The van der Waals surface area contributed by atoms with Crippen molar-refractivity contribution in [2.24, 2.45) is 5.92 Å². The molecule has 27 heavy (non-hydrogen) atoms. The molecule has 1 aliphatic rings. The normalized spacial score (nSPS) is 15.0. The Morgan fingerprint density at radius 2 is 2.04 bits per heavy atom. The number of esters is 1. The predicted octanol–water partition coefficient (Wildman–Crippen LogP) is 3.22. The summed E-state index contributed by atoms with van der Waals surface area (Å²) in [5, 5.41) is 0. The summed E-state index contributed by atoms with van der Waals surface area (Å²) in [6.45, 7) is 3.27. The van der Waals surface area contributed by atoms with E-state index in [1.807, 2.05) is 0 Å². The number of carbonyl (C=O) groups is 2. The molecular formula is C20H23FN2O4. The van der Waals surface area contributed by atoms with E-state index in [9.17, 15) is 14.0 Å². The lowest BCUT2D eigenvalue weighted by Gasteiger charge is -2.30. The van der Waals surface area contributed by atoms with Gasteiger partial charge in [0.15, 0.2) is 11.7 Å². The maximum atomic E-state index is 13.8. The monoisotopic (exact) mass is 374 g/mol. The molecule has 0 bridgehead atoms. The van der Waals surface area contributed by atoms with Crippen LogP contribution in [0.4, 0.5) is 4.39 Å². The Kier molecular flexibility index (Phi) is 6.21. The second kappa shape index (κ2) is 8.79. The Bertz CT molecular complexity index is 797. The van der Waals surface area contributed by atoms with E-state index in [2.05, 4.69) is 4.98 Å². The molecule has 0 spiro atoms. The van der Waals surface area contributed by atoms with Crippen molar-refractivity contribution in [1.29, 1.82) is 0 Å². The summed E-state index contributed by atoms with van der Waals surface area (Å²) in [7, 11) is 0. The average Bonchev–Trinajstić information content (AvgIpc) is 3.15. The molecule has 1 fully saturated rings. The lowest BCUT2D eigenvalue weighted by atomic mass is 9.97. The van der Waals surface area contributed by atoms with E-state index in [1.165, 1.54) is 12.3 Å². The Morgan fingerprint density at radius 1 is 1.30 bits per heavy atom. The van der Waals surface area contributed by atoms with Crippen LogP contribution in [0.2, 0.25) is 0 Å². The minimum Gasteiger partial charge on any atom is -0.466 e. The van der Waals surface area contributed by atoms with Crippen molar-refractivity contribution in [3.05, 3.63) is 42.2 Å². The molecule has 0 unspecified atom stereocenters. The first kappa shape index (κ1) is 19.1. The SMILES string of the molecule is CCOC(=O)C1CCN(C(=O)CCc2ncc(-c3ccccc3F)o2)CC1. The van der Waals surface area contributed by atoms with Crippen LogP contribution in [0.1, 0.15) is 32.1 Å². The number of benzene rings is 1. The molecule has 0 atom stereocenters. The lowest BCUT2D eigenvalue weighted by molar-refractivity contribution is -0.151. The van der Waals surface area contributed by atoms with Gasteiger partial charge in [0.25, 0.3) is 0 Å². The second-order valence-corrected chi connectivity index (χ2v) is 6.51. The van der Waals surface area contributed by atoms with Gasteiger partial charge in [-0.2, -0.15) is 0 Å².